The number of nitrogens with two attached hydrogens (primary N) is 1. The second-order valence-corrected chi connectivity index (χ2v) is 2.39. The van der Waals surface area contributed by atoms with Crippen molar-refractivity contribution in [3.63, 3.8) is 0 Å². The summed E-state index contributed by atoms with van der Waals surface area (Å²) < 4.78 is 0. The second kappa shape index (κ2) is 3.14. The maximum atomic E-state index is 10.3. The fourth-order valence-corrected chi connectivity index (χ4v) is 0.861. The van der Waals surface area contributed by atoms with E-state index in [1.165, 1.54) is 0 Å². The summed E-state index contributed by atoms with van der Waals surface area (Å²) in [5.41, 5.74) is 7.43. The highest BCUT2D eigenvalue weighted by Crippen LogP contribution is 2.10. The van der Waals surface area contributed by atoms with Gasteiger partial charge in [0.05, 0.1) is 0 Å². The molecule has 1 rings (SSSR count). The van der Waals surface area contributed by atoms with Crippen molar-refractivity contribution < 1.29 is 19.8 Å². The third kappa shape index (κ3) is 1.87. The number of carboxylic acid groups (broad SMARTS) is 1. The first kappa shape index (κ1) is 8.41. The summed E-state index contributed by atoms with van der Waals surface area (Å²) in [5, 5.41) is 17.3. The maximum Gasteiger partial charge on any atom is 0.323 e. The lowest BCUT2D eigenvalue weighted by atomic mass is 10.1. The third-order valence-electron chi connectivity index (χ3n) is 1.50. The van der Waals surface area contributed by atoms with Crippen LogP contribution in [0.3, 0.4) is 0 Å². The Morgan fingerprint density at radius 3 is 2.82 bits per heavy atom. The summed E-state index contributed by atoms with van der Waals surface area (Å²) in [6.45, 7) is 0. The molecule has 64 valence electrons. The largest absolute Gasteiger partial charge is 0.480 e. The molecule has 6 nitrogen and oxygen atoms in total. The first-order chi connectivity index (χ1) is 5.11. The molecule has 3 atom stereocenters. The molecule has 1 fully saturated rings. The highest BCUT2D eigenvalue weighted by Gasteiger charge is 2.32. The first-order valence-corrected chi connectivity index (χ1v) is 3.19. The van der Waals surface area contributed by atoms with Gasteiger partial charge in [-0.3, -0.25) is 9.63 Å². The normalized spacial score (nSPS) is 33.6. The average molecular weight is 162 g/mol. The molecular formula is C5H10N2O4. The minimum Gasteiger partial charge on any atom is -0.480 e. The average Bonchev–Trinajstić information content (AvgIpc) is 2.34. The second-order valence-electron chi connectivity index (χ2n) is 2.39. The summed E-state index contributed by atoms with van der Waals surface area (Å²) in [7, 11) is 0. The number of aliphatic carboxylic acids is 1. The van der Waals surface area contributed by atoms with Gasteiger partial charge in [-0.25, -0.2) is 0 Å². The first-order valence-electron chi connectivity index (χ1n) is 3.19. The highest BCUT2D eigenvalue weighted by molar-refractivity contribution is 5.73. The topological polar surface area (TPSA) is 105 Å². The molecule has 0 radical (unpaired) electrons. The quantitative estimate of drug-likeness (QED) is 0.374. The van der Waals surface area contributed by atoms with Crippen LogP contribution in [0.25, 0.3) is 0 Å². The van der Waals surface area contributed by atoms with Crippen molar-refractivity contribution in [3.8, 4) is 0 Å². The van der Waals surface area contributed by atoms with E-state index in [1.54, 1.807) is 0 Å². The van der Waals surface area contributed by atoms with Crippen LogP contribution in [0.2, 0.25) is 0 Å². The van der Waals surface area contributed by atoms with E-state index in [0.717, 1.165) is 0 Å². The molecule has 0 aliphatic carbocycles. The molecule has 0 spiro atoms. The highest BCUT2D eigenvalue weighted by atomic mass is 16.7. The Balaban J connectivity index is 2.43. The lowest BCUT2D eigenvalue weighted by Crippen LogP contribution is -2.41. The Bertz CT molecular complexity index is 163. The van der Waals surface area contributed by atoms with Gasteiger partial charge in [-0.2, -0.15) is 5.48 Å². The summed E-state index contributed by atoms with van der Waals surface area (Å²) in [6, 6.07) is -1.08. The molecule has 1 unspecified atom stereocenters. The predicted octanol–water partition coefficient (Wildman–Crippen LogP) is -1.99. The molecule has 1 heterocycles. The summed E-state index contributed by atoms with van der Waals surface area (Å²) in [5.74, 6) is -1.13. The fraction of sp³-hybridized carbons (Fsp3) is 0.800. The molecular weight excluding hydrogens is 152 g/mol. The zero-order chi connectivity index (χ0) is 8.43. The molecule has 6 heteroatoms. The van der Waals surface area contributed by atoms with Gasteiger partial charge >= 0.3 is 5.97 Å². The molecule has 11 heavy (non-hydrogen) atoms. The molecule has 5 N–H and O–H groups in total. The van der Waals surface area contributed by atoms with Gasteiger partial charge in [-0.15, -0.1) is 0 Å². The van der Waals surface area contributed by atoms with E-state index in [4.69, 9.17) is 15.9 Å². The van der Waals surface area contributed by atoms with Crippen LogP contribution in [0.4, 0.5) is 0 Å². The van der Waals surface area contributed by atoms with Crippen LogP contribution in [0, 0.1) is 0 Å². The number of rotatable bonds is 2. The summed E-state index contributed by atoms with van der Waals surface area (Å²) in [6.07, 6.45) is -1.26. The number of aliphatic hydroxyl groups excluding tert-OH is 1. The van der Waals surface area contributed by atoms with Crippen molar-refractivity contribution in [2.75, 3.05) is 0 Å². The van der Waals surface area contributed by atoms with Crippen molar-refractivity contribution in [2.24, 2.45) is 5.73 Å². The van der Waals surface area contributed by atoms with Gasteiger partial charge in [0, 0.05) is 6.42 Å². The van der Waals surface area contributed by atoms with E-state index in [2.05, 4.69) is 10.3 Å². The van der Waals surface area contributed by atoms with Crippen LogP contribution >= 0.6 is 0 Å². The van der Waals surface area contributed by atoms with Gasteiger partial charge in [-0.1, -0.05) is 0 Å². The number of carbonyl (C=O) groups is 1. The van der Waals surface area contributed by atoms with Crippen molar-refractivity contribution in [1.82, 2.24) is 5.48 Å². The number of hydroxylamine groups is 1. The van der Waals surface area contributed by atoms with Crippen LogP contribution < -0.4 is 11.2 Å². The fourth-order valence-electron chi connectivity index (χ4n) is 0.861. The molecule has 1 saturated heterocycles. The predicted molar refractivity (Wildman–Crippen MR) is 34.2 cm³/mol. The van der Waals surface area contributed by atoms with Crippen molar-refractivity contribution in [3.05, 3.63) is 0 Å². The summed E-state index contributed by atoms with van der Waals surface area (Å²) in [4.78, 5) is 15.0. The zero-order valence-corrected chi connectivity index (χ0v) is 5.73. The van der Waals surface area contributed by atoms with E-state index in [0.29, 0.717) is 0 Å². The Labute approximate surface area is 62.9 Å². The molecule has 1 aliphatic rings. The van der Waals surface area contributed by atoms with Gasteiger partial charge in [0.2, 0.25) is 0 Å². The number of hydrogen-bond acceptors (Lipinski definition) is 5. The Morgan fingerprint density at radius 1 is 1.82 bits per heavy atom. The third-order valence-corrected chi connectivity index (χ3v) is 1.50. The van der Waals surface area contributed by atoms with E-state index in [1.807, 2.05) is 0 Å². The number of aliphatic hydroxyl groups is 1. The van der Waals surface area contributed by atoms with Crippen molar-refractivity contribution in [2.45, 2.75) is 24.8 Å². The molecule has 1 aliphatic heterocycles. The lowest BCUT2D eigenvalue weighted by Gasteiger charge is -2.11. The number of hydrogen-bond donors (Lipinski definition) is 4. The van der Waals surface area contributed by atoms with Crippen LogP contribution in [0.5, 0.6) is 0 Å². The lowest BCUT2D eigenvalue weighted by molar-refractivity contribution is -0.142. The van der Waals surface area contributed by atoms with Gasteiger partial charge in [0.15, 0.2) is 0 Å². The van der Waals surface area contributed by atoms with Gasteiger partial charge < -0.3 is 15.9 Å². The van der Waals surface area contributed by atoms with Crippen LogP contribution in [-0.4, -0.2) is 34.6 Å². The van der Waals surface area contributed by atoms with E-state index in [9.17, 15) is 4.79 Å². The monoisotopic (exact) mass is 162 g/mol. The van der Waals surface area contributed by atoms with E-state index < -0.39 is 24.3 Å². The molecule has 0 aromatic heterocycles. The molecule has 0 aromatic carbocycles. The van der Waals surface area contributed by atoms with Crippen LogP contribution in [0.1, 0.15) is 6.42 Å². The molecule has 0 aromatic rings. The van der Waals surface area contributed by atoms with E-state index >= 15 is 0 Å². The Morgan fingerprint density at radius 2 is 2.45 bits per heavy atom. The van der Waals surface area contributed by atoms with Gasteiger partial charge in [-0.05, 0) is 0 Å². The van der Waals surface area contributed by atoms with Crippen molar-refractivity contribution in [1.29, 1.82) is 0 Å². The Hall–Kier alpha value is -0.690. The molecule has 0 amide bonds. The smallest absolute Gasteiger partial charge is 0.323 e. The van der Waals surface area contributed by atoms with Gasteiger partial charge in [0.1, 0.15) is 18.4 Å². The zero-order valence-electron chi connectivity index (χ0n) is 5.73. The Kier molecular flexibility index (Phi) is 2.40. The summed E-state index contributed by atoms with van der Waals surface area (Å²) >= 11 is 0. The standard InChI is InChI=1S/C5H10N2O4/c6-4(5(9)10)2-1-3(8)7-11-2/h2-4,7-8H,1,6H2,(H,9,10)/t2-,3?,4-/m0/s1. The van der Waals surface area contributed by atoms with Crippen LogP contribution in [-0.2, 0) is 9.63 Å². The minimum atomic E-state index is -1.13. The van der Waals surface area contributed by atoms with Gasteiger partial charge in [0.25, 0.3) is 0 Å². The number of nitrogens with one attached hydrogen (secondary N) is 1. The number of carboxylic acids is 1. The molecule has 0 bridgehead atoms. The minimum absolute atomic E-state index is 0.202. The SMILES string of the molecule is N[C@H](C(=O)O)[C@@H]1CC(O)NO1. The van der Waals surface area contributed by atoms with Crippen molar-refractivity contribution >= 4 is 5.97 Å². The van der Waals surface area contributed by atoms with E-state index in [-0.39, 0.29) is 6.42 Å². The molecule has 0 saturated carbocycles. The van der Waals surface area contributed by atoms with Crippen LogP contribution in [0.15, 0.2) is 0 Å². The maximum absolute atomic E-state index is 10.3.